The molecule has 2 heterocycles. The second kappa shape index (κ2) is 5.75. The summed E-state index contributed by atoms with van der Waals surface area (Å²) >= 11 is 0. The predicted octanol–water partition coefficient (Wildman–Crippen LogP) is 2.59. The van der Waals surface area contributed by atoms with E-state index in [0.717, 1.165) is 18.5 Å². The van der Waals surface area contributed by atoms with Crippen LogP contribution in [0.4, 0.5) is 26.0 Å². The summed E-state index contributed by atoms with van der Waals surface area (Å²) in [6.45, 7) is 0. The van der Waals surface area contributed by atoms with Crippen LogP contribution in [0.2, 0.25) is 0 Å². The van der Waals surface area contributed by atoms with Gasteiger partial charge in [-0.3, -0.25) is 14.7 Å². The van der Waals surface area contributed by atoms with Crippen molar-refractivity contribution in [1.29, 1.82) is 0 Å². The molecule has 0 saturated carbocycles. The van der Waals surface area contributed by atoms with E-state index in [4.69, 9.17) is 0 Å². The lowest BCUT2D eigenvalue weighted by atomic mass is 10.3. The number of hydrogen-bond acceptors (Lipinski definition) is 6. The van der Waals surface area contributed by atoms with Crippen molar-refractivity contribution in [1.82, 2.24) is 19.5 Å². The van der Waals surface area contributed by atoms with Crippen molar-refractivity contribution in [3.8, 4) is 5.82 Å². The summed E-state index contributed by atoms with van der Waals surface area (Å²) < 4.78 is 28.0. The third-order valence-corrected chi connectivity index (χ3v) is 2.92. The molecule has 8 nitrogen and oxygen atoms in total. The Labute approximate surface area is 127 Å². The third-order valence-electron chi connectivity index (χ3n) is 2.92. The maximum Gasteiger partial charge on any atom is 0.354 e. The van der Waals surface area contributed by atoms with E-state index in [2.05, 4.69) is 20.3 Å². The van der Waals surface area contributed by atoms with E-state index in [-0.39, 0.29) is 17.3 Å². The van der Waals surface area contributed by atoms with Gasteiger partial charge in [-0.05, 0) is 12.1 Å². The van der Waals surface area contributed by atoms with Crippen LogP contribution < -0.4 is 5.32 Å². The molecule has 3 rings (SSSR count). The molecule has 1 aromatic carbocycles. The lowest BCUT2D eigenvalue weighted by molar-refractivity contribution is -0.384. The summed E-state index contributed by atoms with van der Waals surface area (Å²) in [5, 5.41) is 13.8. The number of nitro groups is 1. The molecule has 0 atom stereocenters. The van der Waals surface area contributed by atoms with E-state index in [0.29, 0.717) is 6.07 Å². The van der Waals surface area contributed by atoms with Crippen LogP contribution in [0.25, 0.3) is 5.82 Å². The third kappa shape index (κ3) is 2.81. The van der Waals surface area contributed by atoms with Gasteiger partial charge in [-0.15, -0.1) is 0 Å². The molecule has 0 spiro atoms. The van der Waals surface area contributed by atoms with Crippen LogP contribution in [0.3, 0.4) is 0 Å². The van der Waals surface area contributed by atoms with E-state index in [1.165, 1.54) is 23.3 Å². The van der Waals surface area contributed by atoms with Gasteiger partial charge >= 0.3 is 5.69 Å². The first-order valence-corrected chi connectivity index (χ1v) is 6.26. The van der Waals surface area contributed by atoms with Gasteiger partial charge in [-0.1, -0.05) is 0 Å². The average molecular weight is 318 g/mol. The quantitative estimate of drug-likeness (QED) is 0.586. The summed E-state index contributed by atoms with van der Waals surface area (Å²) in [6, 6.07) is 2.80. The lowest BCUT2D eigenvalue weighted by Gasteiger charge is -2.09. The first kappa shape index (κ1) is 14.5. The van der Waals surface area contributed by atoms with Crippen molar-refractivity contribution in [2.45, 2.75) is 0 Å². The fraction of sp³-hybridized carbons (Fsp3) is 0. The lowest BCUT2D eigenvalue weighted by Crippen LogP contribution is -2.07. The molecule has 23 heavy (non-hydrogen) atoms. The Kier molecular flexibility index (Phi) is 3.63. The highest BCUT2D eigenvalue weighted by Gasteiger charge is 2.24. The van der Waals surface area contributed by atoms with Crippen LogP contribution >= 0.6 is 0 Å². The highest BCUT2D eigenvalue weighted by Crippen LogP contribution is 2.30. The summed E-state index contributed by atoms with van der Waals surface area (Å²) in [6.07, 6.45) is 5.32. The summed E-state index contributed by atoms with van der Waals surface area (Å²) in [5.41, 5.74) is -0.612. The first-order chi connectivity index (χ1) is 11.1. The standard InChI is InChI=1S/C13H8F2N6O2/c14-8-1-2-10(9(15)5-8)19-12-11(21(22)23)13(18-6-17-12)20-4-3-16-7-20/h1-7H,(H,17,18,19). The predicted molar refractivity (Wildman–Crippen MR) is 75.4 cm³/mol. The van der Waals surface area contributed by atoms with Gasteiger partial charge in [0.05, 0.1) is 10.6 Å². The van der Waals surface area contributed by atoms with E-state index in [1.807, 2.05) is 0 Å². The van der Waals surface area contributed by atoms with Crippen molar-refractivity contribution < 1.29 is 13.7 Å². The zero-order valence-corrected chi connectivity index (χ0v) is 11.3. The van der Waals surface area contributed by atoms with Gasteiger partial charge in [0.25, 0.3) is 0 Å². The smallest absolute Gasteiger partial charge is 0.332 e. The molecule has 0 aliphatic heterocycles. The second-order valence-corrected chi connectivity index (χ2v) is 4.37. The van der Waals surface area contributed by atoms with Crippen molar-refractivity contribution in [3.05, 3.63) is 65.0 Å². The van der Waals surface area contributed by atoms with Gasteiger partial charge in [0, 0.05) is 18.5 Å². The molecule has 0 fully saturated rings. The number of halogens is 2. The van der Waals surface area contributed by atoms with E-state index in [1.54, 1.807) is 0 Å². The Morgan fingerprint density at radius 1 is 1.26 bits per heavy atom. The van der Waals surface area contributed by atoms with Crippen molar-refractivity contribution in [2.24, 2.45) is 0 Å². The Balaban J connectivity index is 2.09. The van der Waals surface area contributed by atoms with Gasteiger partial charge in [0.1, 0.15) is 24.3 Å². The molecule has 116 valence electrons. The number of nitrogens with one attached hydrogen (secondary N) is 1. The molecule has 2 aromatic heterocycles. The topological polar surface area (TPSA) is 98.8 Å². The number of anilines is 2. The molecule has 0 aliphatic rings. The molecular formula is C13H8F2N6O2. The van der Waals surface area contributed by atoms with Crippen LogP contribution in [0.1, 0.15) is 0 Å². The summed E-state index contributed by atoms with van der Waals surface area (Å²) in [4.78, 5) is 22.1. The van der Waals surface area contributed by atoms with Crippen molar-refractivity contribution in [3.63, 3.8) is 0 Å². The monoisotopic (exact) mass is 318 g/mol. The molecule has 0 unspecified atom stereocenters. The minimum atomic E-state index is -0.901. The first-order valence-electron chi connectivity index (χ1n) is 6.26. The molecule has 0 saturated heterocycles. The summed E-state index contributed by atoms with van der Waals surface area (Å²) in [5.74, 6) is -1.92. The molecule has 0 radical (unpaired) electrons. The van der Waals surface area contributed by atoms with Crippen LogP contribution in [0, 0.1) is 21.7 Å². The molecule has 1 N–H and O–H groups in total. The van der Waals surface area contributed by atoms with Gasteiger partial charge in [-0.2, -0.15) is 0 Å². The van der Waals surface area contributed by atoms with Gasteiger partial charge in [0.15, 0.2) is 0 Å². The van der Waals surface area contributed by atoms with Gasteiger partial charge in [-0.25, -0.2) is 23.7 Å². The normalized spacial score (nSPS) is 10.5. The number of hydrogen-bond donors (Lipinski definition) is 1. The largest absolute Gasteiger partial charge is 0.354 e. The Bertz CT molecular complexity index is 869. The van der Waals surface area contributed by atoms with Crippen molar-refractivity contribution >= 4 is 17.2 Å². The van der Waals surface area contributed by atoms with E-state index < -0.39 is 22.2 Å². The number of nitrogens with zero attached hydrogens (tertiary/aromatic N) is 5. The molecule has 3 aromatic rings. The molecule has 0 bridgehead atoms. The van der Waals surface area contributed by atoms with Gasteiger partial charge in [0.2, 0.25) is 11.6 Å². The molecule has 0 amide bonds. The fourth-order valence-electron chi connectivity index (χ4n) is 1.92. The SMILES string of the molecule is O=[N+]([O-])c1c(Nc2ccc(F)cc2F)ncnc1-n1ccnc1. The fourth-order valence-corrected chi connectivity index (χ4v) is 1.92. The molecular weight excluding hydrogens is 310 g/mol. The zero-order valence-electron chi connectivity index (χ0n) is 11.3. The zero-order chi connectivity index (χ0) is 16.4. The maximum absolute atomic E-state index is 13.7. The van der Waals surface area contributed by atoms with Crippen molar-refractivity contribution in [2.75, 3.05) is 5.32 Å². The Morgan fingerprint density at radius 2 is 2.09 bits per heavy atom. The second-order valence-electron chi connectivity index (χ2n) is 4.37. The highest BCUT2D eigenvalue weighted by atomic mass is 19.1. The van der Waals surface area contributed by atoms with Crippen LogP contribution in [-0.4, -0.2) is 24.4 Å². The minimum absolute atomic E-state index is 0.0347. The molecule has 10 heteroatoms. The maximum atomic E-state index is 13.7. The van der Waals surface area contributed by atoms with Crippen LogP contribution in [-0.2, 0) is 0 Å². The summed E-state index contributed by atoms with van der Waals surface area (Å²) in [7, 11) is 0. The highest BCUT2D eigenvalue weighted by molar-refractivity contribution is 5.70. The number of benzene rings is 1. The van der Waals surface area contributed by atoms with E-state index in [9.17, 15) is 18.9 Å². The number of imidazole rings is 1. The number of rotatable bonds is 4. The van der Waals surface area contributed by atoms with E-state index >= 15 is 0 Å². The van der Waals surface area contributed by atoms with Crippen LogP contribution in [0.5, 0.6) is 0 Å². The minimum Gasteiger partial charge on any atom is -0.332 e. The Morgan fingerprint density at radius 3 is 2.74 bits per heavy atom. The molecule has 0 aliphatic carbocycles. The Hall–Kier alpha value is -3.43. The van der Waals surface area contributed by atoms with Crippen LogP contribution in [0.15, 0.2) is 43.2 Å². The van der Waals surface area contributed by atoms with Gasteiger partial charge < -0.3 is 5.32 Å². The number of aromatic nitrogens is 4. The average Bonchev–Trinajstić information content (AvgIpc) is 3.04.